The molecule has 19 heavy (non-hydrogen) atoms. The van der Waals surface area contributed by atoms with Crippen LogP contribution in [-0.4, -0.2) is 50.5 Å². The number of anilines is 1. The van der Waals surface area contributed by atoms with Gasteiger partial charge >= 0.3 is 5.97 Å². The number of nitrogens with zero attached hydrogens (tertiary/aromatic N) is 1. The fraction of sp³-hybridized carbons (Fsp3) is 0.417. The van der Waals surface area contributed by atoms with E-state index in [1.807, 2.05) is 4.90 Å². The Bertz CT molecular complexity index is 527. The molecule has 0 bridgehead atoms. The molecular formula is C12H16ClNO4S. The van der Waals surface area contributed by atoms with Gasteiger partial charge in [0.2, 0.25) is 0 Å². The number of sulfone groups is 1. The molecule has 106 valence electrons. The molecular weight excluding hydrogens is 290 g/mol. The summed E-state index contributed by atoms with van der Waals surface area (Å²) in [6.07, 6.45) is 1.18. The molecule has 0 heterocycles. The van der Waals surface area contributed by atoms with Crippen molar-refractivity contribution in [3.8, 4) is 0 Å². The number of hydrogen-bond acceptors (Lipinski definition) is 4. The molecule has 1 aromatic rings. The minimum atomic E-state index is -3.05. The molecule has 0 amide bonds. The Balaban J connectivity index is 2.83. The highest BCUT2D eigenvalue weighted by molar-refractivity contribution is 7.90. The molecule has 0 spiro atoms. The molecule has 0 atom stereocenters. The Labute approximate surface area is 117 Å². The lowest BCUT2D eigenvalue weighted by Crippen LogP contribution is -2.30. The van der Waals surface area contributed by atoms with Crippen molar-refractivity contribution in [2.75, 3.05) is 35.9 Å². The van der Waals surface area contributed by atoms with Gasteiger partial charge in [0.05, 0.1) is 11.3 Å². The first-order valence-electron chi connectivity index (χ1n) is 5.65. The zero-order valence-electron chi connectivity index (χ0n) is 10.5. The van der Waals surface area contributed by atoms with Crippen LogP contribution < -0.4 is 4.90 Å². The monoisotopic (exact) mass is 305 g/mol. The predicted octanol–water partition coefficient (Wildman–Crippen LogP) is 1.47. The van der Waals surface area contributed by atoms with Gasteiger partial charge in [-0.3, -0.25) is 0 Å². The van der Waals surface area contributed by atoms with Gasteiger partial charge in [-0.15, -0.1) is 11.6 Å². The van der Waals surface area contributed by atoms with E-state index in [1.54, 1.807) is 12.1 Å². The molecule has 7 heteroatoms. The Morgan fingerprint density at radius 3 is 2.26 bits per heavy atom. The molecule has 0 unspecified atom stereocenters. The van der Waals surface area contributed by atoms with E-state index in [1.165, 1.54) is 18.4 Å². The van der Waals surface area contributed by atoms with Gasteiger partial charge in [-0.2, -0.15) is 0 Å². The fourth-order valence-corrected chi connectivity index (χ4v) is 2.32. The van der Waals surface area contributed by atoms with Gasteiger partial charge in [0.25, 0.3) is 0 Å². The summed E-state index contributed by atoms with van der Waals surface area (Å²) in [4.78, 5) is 12.6. The van der Waals surface area contributed by atoms with Gasteiger partial charge in [0.1, 0.15) is 9.84 Å². The summed E-state index contributed by atoms with van der Waals surface area (Å²) in [5.41, 5.74) is 0.951. The second-order valence-corrected chi connectivity index (χ2v) is 6.80. The van der Waals surface area contributed by atoms with Crippen LogP contribution in [0.4, 0.5) is 5.69 Å². The molecule has 0 aliphatic heterocycles. The van der Waals surface area contributed by atoms with Crippen LogP contribution in [0.1, 0.15) is 10.4 Å². The lowest BCUT2D eigenvalue weighted by atomic mass is 10.2. The summed E-state index contributed by atoms with van der Waals surface area (Å²) >= 11 is 5.69. The molecule has 0 radical (unpaired) electrons. The molecule has 1 N–H and O–H groups in total. The van der Waals surface area contributed by atoms with E-state index in [4.69, 9.17) is 16.7 Å². The van der Waals surface area contributed by atoms with Crippen LogP contribution in [0.25, 0.3) is 0 Å². The summed E-state index contributed by atoms with van der Waals surface area (Å²) < 4.78 is 22.4. The lowest BCUT2D eigenvalue weighted by molar-refractivity contribution is 0.0697. The summed E-state index contributed by atoms with van der Waals surface area (Å²) in [5.74, 6) is -0.596. The quantitative estimate of drug-likeness (QED) is 0.772. The topological polar surface area (TPSA) is 74.7 Å². The molecule has 0 aliphatic rings. The Hall–Kier alpha value is -1.27. The van der Waals surface area contributed by atoms with Crippen LogP contribution in [0.5, 0.6) is 0 Å². The molecule has 5 nitrogen and oxygen atoms in total. The van der Waals surface area contributed by atoms with Crippen molar-refractivity contribution in [3.63, 3.8) is 0 Å². The first-order valence-corrected chi connectivity index (χ1v) is 8.25. The smallest absolute Gasteiger partial charge is 0.335 e. The Morgan fingerprint density at radius 1 is 1.26 bits per heavy atom. The summed E-state index contributed by atoms with van der Waals surface area (Å²) in [6.45, 7) is 0.835. The second kappa shape index (κ2) is 6.77. The van der Waals surface area contributed by atoms with Crippen molar-refractivity contribution in [1.82, 2.24) is 0 Å². The molecule has 0 aliphatic carbocycles. The highest BCUT2D eigenvalue weighted by Gasteiger charge is 2.11. The maximum Gasteiger partial charge on any atom is 0.335 e. The third kappa shape index (κ3) is 5.48. The first-order chi connectivity index (χ1) is 8.83. The van der Waals surface area contributed by atoms with Crippen LogP contribution in [0.3, 0.4) is 0 Å². The van der Waals surface area contributed by atoms with Gasteiger partial charge in [0, 0.05) is 30.9 Å². The average molecular weight is 306 g/mol. The maximum absolute atomic E-state index is 11.2. The standard InChI is InChI=1S/C12H16ClNO4S/c1-19(17,18)9-8-14(7-6-13)11-4-2-10(3-5-11)12(15)16/h2-5H,6-9H2,1H3,(H,15,16). The van der Waals surface area contributed by atoms with E-state index >= 15 is 0 Å². The number of carbonyl (C=O) groups is 1. The van der Waals surface area contributed by atoms with Crippen molar-refractivity contribution >= 4 is 33.1 Å². The zero-order valence-corrected chi connectivity index (χ0v) is 12.1. The first kappa shape index (κ1) is 15.8. The van der Waals surface area contributed by atoms with Gasteiger partial charge in [-0.1, -0.05) is 0 Å². The number of carboxylic acids is 1. The van der Waals surface area contributed by atoms with E-state index in [0.717, 1.165) is 5.69 Å². The van der Waals surface area contributed by atoms with Gasteiger partial charge in [-0.25, -0.2) is 13.2 Å². The van der Waals surface area contributed by atoms with Crippen LogP contribution in [0, 0.1) is 0 Å². The van der Waals surface area contributed by atoms with E-state index in [-0.39, 0.29) is 11.3 Å². The van der Waals surface area contributed by atoms with Gasteiger partial charge < -0.3 is 10.0 Å². The van der Waals surface area contributed by atoms with E-state index < -0.39 is 15.8 Å². The van der Waals surface area contributed by atoms with E-state index in [9.17, 15) is 13.2 Å². The maximum atomic E-state index is 11.2. The molecule has 0 saturated carbocycles. The Kier molecular flexibility index (Phi) is 5.62. The van der Waals surface area contributed by atoms with Crippen LogP contribution in [-0.2, 0) is 9.84 Å². The normalized spacial score (nSPS) is 11.3. The Morgan fingerprint density at radius 2 is 1.84 bits per heavy atom. The SMILES string of the molecule is CS(=O)(=O)CCN(CCCl)c1ccc(C(=O)O)cc1. The third-order valence-electron chi connectivity index (χ3n) is 2.57. The van der Waals surface area contributed by atoms with Gasteiger partial charge in [0.15, 0.2) is 0 Å². The number of carboxylic acid groups (broad SMARTS) is 1. The van der Waals surface area contributed by atoms with Crippen molar-refractivity contribution < 1.29 is 18.3 Å². The molecule has 0 fully saturated rings. The highest BCUT2D eigenvalue weighted by Crippen LogP contribution is 2.15. The minimum Gasteiger partial charge on any atom is -0.478 e. The van der Waals surface area contributed by atoms with Crippen LogP contribution >= 0.6 is 11.6 Å². The van der Waals surface area contributed by atoms with Crippen molar-refractivity contribution in [3.05, 3.63) is 29.8 Å². The van der Waals surface area contributed by atoms with Crippen LogP contribution in [0.2, 0.25) is 0 Å². The number of halogens is 1. The van der Waals surface area contributed by atoms with Gasteiger partial charge in [-0.05, 0) is 24.3 Å². The summed E-state index contributed by atoms with van der Waals surface area (Å²) in [7, 11) is -3.05. The lowest BCUT2D eigenvalue weighted by Gasteiger charge is -2.23. The number of benzene rings is 1. The molecule has 0 saturated heterocycles. The second-order valence-electron chi connectivity index (χ2n) is 4.16. The average Bonchev–Trinajstić information content (AvgIpc) is 2.33. The molecule has 1 rings (SSSR count). The number of hydrogen-bond donors (Lipinski definition) is 1. The van der Waals surface area contributed by atoms with Crippen molar-refractivity contribution in [2.24, 2.45) is 0 Å². The highest BCUT2D eigenvalue weighted by atomic mass is 35.5. The van der Waals surface area contributed by atoms with E-state index in [0.29, 0.717) is 19.0 Å². The number of aromatic carboxylic acids is 1. The third-order valence-corrected chi connectivity index (χ3v) is 3.66. The minimum absolute atomic E-state index is 0.0323. The van der Waals surface area contributed by atoms with Crippen LogP contribution in [0.15, 0.2) is 24.3 Å². The van der Waals surface area contributed by atoms with Crippen molar-refractivity contribution in [1.29, 1.82) is 0 Å². The number of rotatable bonds is 7. The predicted molar refractivity (Wildman–Crippen MR) is 76.0 cm³/mol. The van der Waals surface area contributed by atoms with E-state index in [2.05, 4.69) is 0 Å². The summed E-state index contributed by atoms with van der Waals surface area (Å²) in [5, 5.41) is 8.81. The molecule has 0 aromatic heterocycles. The largest absolute Gasteiger partial charge is 0.478 e. The molecule has 1 aromatic carbocycles. The zero-order chi connectivity index (χ0) is 14.5. The fourth-order valence-electron chi connectivity index (χ4n) is 1.56. The van der Waals surface area contributed by atoms with Crippen molar-refractivity contribution in [2.45, 2.75) is 0 Å². The summed E-state index contributed by atoms with van der Waals surface area (Å²) in [6, 6.07) is 6.27. The number of alkyl halides is 1.